The number of nitrogens with one attached hydrogen (secondary N) is 1. The molecule has 0 radical (unpaired) electrons. The molecular formula is C18H14N2O4S. The lowest BCUT2D eigenvalue weighted by Crippen LogP contribution is -2.54. The fraction of sp³-hybridized carbons (Fsp3) is 0.0556. The average molecular weight is 354 g/mol. The third kappa shape index (κ3) is 3.51. The van der Waals surface area contributed by atoms with Crippen molar-refractivity contribution in [3.63, 3.8) is 0 Å². The van der Waals surface area contributed by atoms with Crippen LogP contribution in [0, 0.1) is 0 Å². The Hall–Kier alpha value is -3.19. The maximum absolute atomic E-state index is 12.7. The van der Waals surface area contributed by atoms with Crippen molar-refractivity contribution in [1.82, 2.24) is 5.32 Å². The van der Waals surface area contributed by atoms with Gasteiger partial charge in [0.2, 0.25) is 0 Å². The van der Waals surface area contributed by atoms with E-state index in [0.717, 1.165) is 0 Å². The van der Waals surface area contributed by atoms with Crippen molar-refractivity contribution >= 4 is 40.9 Å². The normalized spacial score (nSPS) is 16.6. The van der Waals surface area contributed by atoms with E-state index in [1.807, 2.05) is 0 Å². The number of hydrogen-bond donors (Lipinski definition) is 1. The van der Waals surface area contributed by atoms with E-state index in [1.165, 1.54) is 17.2 Å². The van der Waals surface area contributed by atoms with Gasteiger partial charge in [-0.1, -0.05) is 6.08 Å². The molecular weight excluding hydrogens is 340 g/mol. The lowest BCUT2D eigenvalue weighted by Gasteiger charge is -2.28. The van der Waals surface area contributed by atoms with Gasteiger partial charge in [0, 0.05) is 0 Å². The van der Waals surface area contributed by atoms with Crippen LogP contribution >= 0.6 is 12.2 Å². The molecule has 126 valence electrons. The molecule has 1 aliphatic rings. The lowest BCUT2D eigenvalue weighted by atomic mass is 10.1. The van der Waals surface area contributed by atoms with E-state index in [0.29, 0.717) is 17.2 Å². The molecule has 2 aromatic rings. The Morgan fingerprint density at radius 3 is 2.60 bits per heavy atom. The van der Waals surface area contributed by atoms with Crippen molar-refractivity contribution in [2.75, 3.05) is 12.0 Å². The first-order chi connectivity index (χ1) is 12.1. The average Bonchev–Trinajstić information content (AvgIpc) is 3.11. The van der Waals surface area contributed by atoms with Gasteiger partial charge in [0.15, 0.2) is 5.11 Å². The Balaban J connectivity index is 1.88. The summed E-state index contributed by atoms with van der Waals surface area (Å²) < 4.78 is 10.3. The van der Waals surface area contributed by atoms with Gasteiger partial charge in [-0.3, -0.25) is 19.8 Å². The fourth-order valence-electron chi connectivity index (χ4n) is 2.27. The van der Waals surface area contributed by atoms with Gasteiger partial charge < -0.3 is 9.15 Å². The maximum Gasteiger partial charge on any atom is 0.270 e. The number of ether oxygens (including phenoxy) is 1. The van der Waals surface area contributed by atoms with E-state index in [2.05, 4.69) is 5.32 Å². The molecule has 2 amide bonds. The first kappa shape index (κ1) is 16.7. The van der Waals surface area contributed by atoms with Crippen LogP contribution in [0.2, 0.25) is 0 Å². The van der Waals surface area contributed by atoms with Crippen LogP contribution in [0.4, 0.5) is 5.69 Å². The Kier molecular flexibility index (Phi) is 4.76. The number of carbonyl (C=O) groups excluding carboxylic acids is 2. The van der Waals surface area contributed by atoms with Crippen molar-refractivity contribution in [2.24, 2.45) is 0 Å². The number of methoxy groups -OCH3 is 1. The van der Waals surface area contributed by atoms with Gasteiger partial charge >= 0.3 is 0 Å². The van der Waals surface area contributed by atoms with Crippen LogP contribution in [0.3, 0.4) is 0 Å². The second kappa shape index (κ2) is 7.14. The summed E-state index contributed by atoms with van der Waals surface area (Å²) in [5.74, 6) is 0.232. The van der Waals surface area contributed by atoms with E-state index < -0.39 is 11.8 Å². The van der Waals surface area contributed by atoms with Gasteiger partial charge in [-0.15, -0.1) is 0 Å². The van der Waals surface area contributed by atoms with Crippen LogP contribution in [0.15, 0.2) is 64.8 Å². The first-order valence-corrected chi connectivity index (χ1v) is 7.76. The predicted octanol–water partition coefficient (Wildman–Crippen LogP) is 2.68. The van der Waals surface area contributed by atoms with Crippen molar-refractivity contribution in [1.29, 1.82) is 0 Å². The van der Waals surface area contributed by atoms with Gasteiger partial charge in [0.05, 0.1) is 19.1 Å². The number of hydrogen-bond acceptors (Lipinski definition) is 5. The molecule has 0 bridgehead atoms. The van der Waals surface area contributed by atoms with Gasteiger partial charge in [-0.05, 0) is 60.8 Å². The molecule has 7 heteroatoms. The minimum atomic E-state index is -0.538. The van der Waals surface area contributed by atoms with Crippen molar-refractivity contribution in [3.05, 3.63) is 66.1 Å². The largest absolute Gasteiger partial charge is 0.497 e. The zero-order valence-electron chi connectivity index (χ0n) is 13.3. The summed E-state index contributed by atoms with van der Waals surface area (Å²) in [6, 6.07) is 10.3. The van der Waals surface area contributed by atoms with Gasteiger partial charge in [-0.2, -0.15) is 0 Å². The number of amides is 2. The third-order valence-electron chi connectivity index (χ3n) is 3.50. The van der Waals surface area contributed by atoms with E-state index in [9.17, 15) is 9.59 Å². The molecule has 0 spiro atoms. The Bertz CT molecular complexity index is 867. The summed E-state index contributed by atoms with van der Waals surface area (Å²) in [7, 11) is 1.55. The maximum atomic E-state index is 12.7. The molecule has 3 rings (SSSR count). The zero-order valence-corrected chi connectivity index (χ0v) is 14.1. The Labute approximate surface area is 149 Å². The number of thiocarbonyl (C=S) groups is 1. The zero-order chi connectivity index (χ0) is 17.8. The molecule has 1 aliphatic heterocycles. The fourth-order valence-corrected chi connectivity index (χ4v) is 2.55. The molecule has 1 fully saturated rings. The molecule has 1 saturated heterocycles. The van der Waals surface area contributed by atoms with E-state index in [1.54, 1.807) is 55.7 Å². The smallest absolute Gasteiger partial charge is 0.270 e. The summed E-state index contributed by atoms with van der Waals surface area (Å²) >= 11 is 5.14. The first-order valence-electron chi connectivity index (χ1n) is 7.36. The topological polar surface area (TPSA) is 71.8 Å². The summed E-state index contributed by atoms with van der Waals surface area (Å²) in [4.78, 5) is 26.1. The Morgan fingerprint density at radius 1 is 1.20 bits per heavy atom. The second-order valence-corrected chi connectivity index (χ2v) is 5.44. The van der Waals surface area contributed by atoms with Crippen LogP contribution in [-0.2, 0) is 9.59 Å². The van der Waals surface area contributed by atoms with E-state index in [-0.39, 0.29) is 10.7 Å². The van der Waals surface area contributed by atoms with Gasteiger partial charge in [0.1, 0.15) is 17.1 Å². The van der Waals surface area contributed by atoms with Crippen LogP contribution in [0.25, 0.3) is 6.08 Å². The van der Waals surface area contributed by atoms with Crippen LogP contribution < -0.4 is 15.0 Å². The molecule has 1 N–H and O–H groups in total. The lowest BCUT2D eigenvalue weighted by molar-refractivity contribution is -0.122. The minimum Gasteiger partial charge on any atom is -0.497 e. The summed E-state index contributed by atoms with van der Waals surface area (Å²) in [5.41, 5.74) is 0.518. The molecule has 0 atom stereocenters. The number of allylic oxidation sites excluding steroid dienone is 2. The highest BCUT2D eigenvalue weighted by atomic mass is 32.1. The van der Waals surface area contributed by atoms with Crippen molar-refractivity contribution in [3.8, 4) is 5.75 Å². The summed E-state index contributed by atoms with van der Waals surface area (Å²) in [6.45, 7) is 0. The SMILES string of the molecule is COc1ccc(N2C(=O)C(=CC=Cc3ccco3)C(=O)NC2=S)cc1. The minimum absolute atomic E-state index is 0.0211. The quantitative estimate of drug-likeness (QED) is 0.519. The van der Waals surface area contributed by atoms with Crippen molar-refractivity contribution in [2.45, 2.75) is 0 Å². The Morgan fingerprint density at radius 2 is 1.96 bits per heavy atom. The van der Waals surface area contributed by atoms with Crippen LogP contribution in [-0.4, -0.2) is 24.0 Å². The summed E-state index contributed by atoms with van der Waals surface area (Å²) in [5, 5.41) is 2.56. The van der Waals surface area contributed by atoms with Crippen LogP contribution in [0.5, 0.6) is 5.75 Å². The molecule has 0 saturated carbocycles. The second-order valence-electron chi connectivity index (χ2n) is 5.05. The number of furan rings is 1. The molecule has 25 heavy (non-hydrogen) atoms. The predicted molar refractivity (Wildman–Crippen MR) is 97.0 cm³/mol. The van der Waals surface area contributed by atoms with E-state index in [4.69, 9.17) is 21.4 Å². The number of rotatable bonds is 4. The molecule has 2 heterocycles. The number of nitrogens with zero attached hydrogens (tertiary/aromatic N) is 1. The molecule has 6 nitrogen and oxygen atoms in total. The number of anilines is 1. The van der Waals surface area contributed by atoms with Crippen molar-refractivity contribution < 1.29 is 18.7 Å². The van der Waals surface area contributed by atoms with Crippen LogP contribution in [0.1, 0.15) is 5.76 Å². The van der Waals surface area contributed by atoms with Gasteiger partial charge in [-0.25, -0.2) is 0 Å². The highest BCUT2D eigenvalue weighted by molar-refractivity contribution is 7.80. The highest BCUT2D eigenvalue weighted by Gasteiger charge is 2.34. The standard InChI is InChI=1S/C18H14N2O4S/c1-23-13-9-7-12(8-10-13)20-17(22)15(16(21)19-18(20)25)6-2-4-14-5-3-11-24-14/h2-11H,1H3,(H,19,21,25). The molecule has 0 aliphatic carbocycles. The summed E-state index contributed by atoms with van der Waals surface area (Å²) in [6.07, 6.45) is 6.19. The number of benzene rings is 1. The van der Waals surface area contributed by atoms with E-state index >= 15 is 0 Å². The molecule has 1 aromatic carbocycles. The molecule has 1 aromatic heterocycles. The monoisotopic (exact) mass is 354 g/mol. The molecule has 0 unspecified atom stereocenters. The van der Waals surface area contributed by atoms with Gasteiger partial charge in [0.25, 0.3) is 11.8 Å². The number of carbonyl (C=O) groups is 2. The highest BCUT2D eigenvalue weighted by Crippen LogP contribution is 2.23. The third-order valence-corrected chi connectivity index (χ3v) is 3.78.